The normalized spacial score (nSPS) is 37.1. The predicted octanol–water partition coefficient (Wildman–Crippen LogP) is 2.02. The van der Waals surface area contributed by atoms with Gasteiger partial charge in [0.1, 0.15) is 0 Å². The summed E-state index contributed by atoms with van der Waals surface area (Å²) in [5.41, 5.74) is 6.39. The fourth-order valence-corrected chi connectivity index (χ4v) is 4.05. The van der Waals surface area contributed by atoms with E-state index in [1.54, 1.807) is 0 Å². The summed E-state index contributed by atoms with van der Waals surface area (Å²) in [5, 5.41) is 0. The minimum absolute atomic E-state index is 0.410. The molecule has 2 aliphatic rings. The van der Waals surface area contributed by atoms with E-state index < -0.39 is 0 Å². The van der Waals surface area contributed by atoms with Crippen molar-refractivity contribution in [2.24, 2.45) is 23.5 Å². The second-order valence-electron chi connectivity index (χ2n) is 7.19. The number of nitrogens with two attached hydrogens (primary N) is 1. The van der Waals surface area contributed by atoms with Crippen LogP contribution in [0.5, 0.6) is 0 Å². The lowest BCUT2D eigenvalue weighted by molar-refractivity contribution is 0.125. The lowest BCUT2D eigenvalue weighted by Gasteiger charge is -2.40. The van der Waals surface area contributed by atoms with Gasteiger partial charge < -0.3 is 15.5 Å². The van der Waals surface area contributed by atoms with E-state index >= 15 is 0 Å². The minimum Gasteiger partial charge on any atom is -0.327 e. The molecule has 0 radical (unpaired) electrons. The maximum atomic E-state index is 6.39. The number of hydrogen-bond donors (Lipinski definition) is 1. The molecule has 0 aromatic rings. The molecular formula is C16H33N3. The molecule has 2 fully saturated rings. The maximum absolute atomic E-state index is 6.39. The molecule has 3 nitrogen and oxygen atoms in total. The van der Waals surface area contributed by atoms with Crippen molar-refractivity contribution in [1.82, 2.24) is 9.80 Å². The van der Waals surface area contributed by atoms with Crippen LogP contribution < -0.4 is 5.73 Å². The molecule has 2 N–H and O–H groups in total. The minimum atomic E-state index is 0.410. The van der Waals surface area contributed by atoms with E-state index in [0.717, 1.165) is 11.8 Å². The van der Waals surface area contributed by atoms with Crippen LogP contribution in [-0.2, 0) is 0 Å². The summed E-state index contributed by atoms with van der Waals surface area (Å²) in [6.45, 7) is 11.0. The Balaban J connectivity index is 1.72. The van der Waals surface area contributed by atoms with Crippen molar-refractivity contribution in [3.63, 3.8) is 0 Å². The Morgan fingerprint density at radius 1 is 1.16 bits per heavy atom. The third-order valence-corrected chi connectivity index (χ3v) is 5.25. The maximum Gasteiger partial charge on any atom is 0.0109 e. The van der Waals surface area contributed by atoms with Gasteiger partial charge in [0.15, 0.2) is 0 Å². The van der Waals surface area contributed by atoms with E-state index in [4.69, 9.17) is 5.73 Å². The van der Waals surface area contributed by atoms with Crippen LogP contribution in [0.3, 0.4) is 0 Å². The van der Waals surface area contributed by atoms with Gasteiger partial charge in [0.25, 0.3) is 0 Å². The fraction of sp³-hybridized carbons (Fsp3) is 1.00. The topological polar surface area (TPSA) is 32.5 Å². The zero-order valence-electron chi connectivity index (χ0n) is 13.1. The highest BCUT2D eigenvalue weighted by Crippen LogP contribution is 2.33. The Morgan fingerprint density at radius 2 is 1.84 bits per heavy atom. The second kappa shape index (κ2) is 7.05. The number of rotatable bonds is 5. The summed E-state index contributed by atoms with van der Waals surface area (Å²) in [5.74, 6) is 2.30. The summed E-state index contributed by atoms with van der Waals surface area (Å²) in [7, 11) is 2.27. The lowest BCUT2D eigenvalue weighted by atomic mass is 9.72. The Bertz CT molecular complexity index is 251. The molecule has 0 aromatic heterocycles. The van der Waals surface area contributed by atoms with E-state index in [0.29, 0.717) is 12.0 Å². The Morgan fingerprint density at radius 3 is 2.47 bits per heavy atom. The van der Waals surface area contributed by atoms with E-state index in [1.165, 1.54) is 58.4 Å². The molecule has 0 amide bonds. The molecule has 0 aromatic carbocycles. The zero-order valence-corrected chi connectivity index (χ0v) is 13.1. The lowest BCUT2D eigenvalue weighted by Crippen LogP contribution is -2.46. The van der Waals surface area contributed by atoms with Crippen molar-refractivity contribution < 1.29 is 0 Å². The van der Waals surface area contributed by atoms with E-state index in [1.807, 2.05) is 0 Å². The van der Waals surface area contributed by atoms with Crippen molar-refractivity contribution in [3.8, 4) is 0 Å². The van der Waals surface area contributed by atoms with Gasteiger partial charge in [-0.1, -0.05) is 13.8 Å². The third kappa shape index (κ3) is 4.44. The first-order valence-corrected chi connectivity index (χ1v) is 8.22. The van der Waals surface area contributed by atoms with Gasteiger partial charge >= 0.3 is 0 Å². The number of likely N-dealkylation sites (N-methyl/N-ethyl adjacent to an activating group) is 1. The zero-order chi connectivity index (χ0) is 13.8. The molecular weight excluding hydrogens is 234 g/mol. The summed E-state index contributed by atoms with van der Waals surface area (Å²) < 4.78 is 0. The van der Waals surface area contributed by atoms with Crippen molar-refractivity contribution >= 4 is 0 Å². The van der Waals surface area contributed by atoms with Crippen LogP contribution in [0.4, 0.5) is 0 Å². The van der Waals surface area contributed by atoms with Crippen molar-refractivity contribution in [2.45, 2.75) is 45.6 Å². The Kier molecular flexibility index (Phi) is 5.67. The van der Waals surface area contributed by atoms with Crippen molar-refractivity contribution in [1.29, 1.82) is 0 Å². The van der Waals surface area contributed by atoms with Crippen LogP contribution in [0.25, 0.3) is 0 Å². The molecule has 1 aliphatic carbocycles. The summed E-state index contributed by atoms with van der Waals surface area (Å²) in [4.78, 5) is 5.11. The smallest absolute Gasteiger partial charge is 0.0109 e. The van der Waals surface area contributed by atoms with Crippen LogP contribution in [0.1, 0.15) is 39.5 Å². The average Bonchev–Trinajstić information content (AvgIpc) is 2.84. The first-order valence-electron chi connectivity index (χ1n) is 8.22. The van der Waals surface area contributed by atoms with Crippen molar-refractivity contribution in [3.05, 3.63) is 0 Å². The Hall–Kier alpha value is -0.120. The SMILES string of the molecule is CC1CC(C)C(CN(C)CCN2CCCC2)C(N)C1. The predicted molar refractivity (Wildman–Crippen MR) is 82.2 cm³/mol. The molecule has 0 bridgehead atoms. The highest BCUT2D eigenvalue weighted by atomic mass is 15.2. The number of likely N-dealkylation sites (tertiary alicyclic amines) is 1. The fourth-order valence-electron chi connectivity index (χ4n) is 4.05. The quantitative estimate of drug-likeness (QED) is 0.827. The Labute approximate surface area is 119 Å². The van der Waals surface area contributed by atoms with Gasteiger partial charge in [0.05, 0.1) is 0 Å². The van der Waals surface area contributed by atoms with Gasteiger partial charge in [-0.05, 0) is 63.6 Å². The standard InChI is InChI=1S/C16H33N3/c1-13-10-14(2)15(16(17)11-13)12-18(3)8-9-19-6-4-5-7-19/h13-16H,4-12,17H2,1-3H3. The first-order chi connectivity index (χ1) is 9.06. The van der Waals surface area contributed by atoms with Crippen LogP contribution in [-0.4, -0.2) is 55.6 Å². The molecule has 1 saturated carbocycles. The van der Waals surface area contributed by atoms with Crippen LogP contribution in [0, 0.1) is 17.8 Å². The number of nitrogens with zero attached hydrogens (tertiary/aromatic N) is 2. The van der Waals surface area contributed by atoms with E-state index in [2.05, 4.69) is 30.7 Å². The molecule has 0 spiro atoms. The second-order valence-corrected chi connectivity index (χ2v) is 7.19. The molecule has 1 saturated heterocycles. The van der Waals surface area contributed by atoms with Crippen LogP contribution in [0.2, 0.25) is 0 Å². The molecule has 112 valence electrons. The van der Waals surface area contributed by atoms with Gasteiger partial charge in [0.2, 0.25) is 0 Å². The highest BCUT2D eigenvalue weighted by Gasteiger charge is 2.32. The summed E-state index contributed by atoms with van der Waals surface area (Å²) >= 11 is 0. The van der Waals surface area contributed by atoms with Gasteiger partial charge in [-0.3, -0.25) is 0 Å². The largest absolute Gasteiger partial charge is 0.327 e. The van der Waals surface area contributed by atoms with E-state index in [-0.39, 0.29) is 0 Å². The average molecular weight is 267 g/mol. The summed E-state index contributed by atoms with van der Waals surface area (Å²) in [6.07, 6.45) is 5.37. The molecule has 4 atom stereocenters. The molecule has 1 heterocycles. The number of hydrogen-bond acceptors (Lipinski definition) is 3. The van der Waals surface area contributed by atoms with E-state index in [9.17, 15) is 0 Å². The molecule has 2 rings (SSSR count). The molecule has 4 unspecified atom stereocenters. The molecule has 19 heavy (non-hydrogen) atoms. The summed E-state index contributed by atoms with van der Waals surface area (Å²) in [6, 6.07) is 0.410. The third-order valence-electron chi connectivity index (χ3n) is 5.25. The van der Waals surface area contributed by atoms with Gasteiger partial charge in [0, 0.05) is 25.7 Å². The van der Waals surface area contributed by atoms with Crippen LogP contribution in [0.15, 0.2) is 0 Å². The van der Waals surface area contributed by atoms with Gasteiger partial charge in [-0.15, -0.1) is 0 Å². The molecule has 1 aliphatic heterocycles. The highest BCUT2D eigenvalue weighted by molar-refractivity contribution is 4.87. The first kappa shape index (κ1) is 15.3. The van der Waals surface area contributed by atoms with Gasteiger partial charge in [-0.25, -0.2) is 0 Å². The van der Waals surface area contributed by atoms with Crippen molar-refractivity contribution in [2.75, 3.05) is 39.8 Å². The van der Waals surface area contributed by atoms with Gasteiger partial charge in [-0.2, -0.15) is 0 Å². The van der Waals surface area contributed by atoms with Crippen LogP contribution >= 0.6 is 0 Å². The molecule has 3 heteroatoms. The monoisotopic (exact) mass is 267 g/mol.